The van der Waals surface area contributed by atoms with E-state index in [-0.39, 0.29) is 0 Å². The van der Waals surface area contributed by atoms with Gasteiger partial charge in [-0.25, -0.2) is 0 Å². The van der Waals surface area contributed by atoms with Crippen LogP contribution < -0.4 is 5.32 Å². The summed E-state index contributed by atoms with van der Waals surface area (Å²) < 4.78 is 0. The lowest BCUT2D eigenvalue weighted by Crippen LogP contribution is -2.26. The Morgan fingerprint density at radius 2 is 2.08 bits per heavy atom. The molecule has 0 radical (unpaired) electrons. The maximum atomic E-state index is 4.12. The normalized spacial score (nSPS) is 33.7. The Kier molecular flexibility index (Phi) is 3.80. The van der Waals surface area contributed by atoms with Gasteiger partial charge in [0.15, 0.2) is 0 Å². The van der Waals surface area contributed by atoms with Crippen molar-refractivity contribution in [3.63, 3.8) is 0 Å². The second-order valence-corrected chi connectivity index (χ2v) is 4.26. The summed E-state index contributed by atoms with van der Waals surface area (Å²) in [7, 11) is 0. The average molecular weight is 167 g/mol. The van der Waals surface area contributed by atoms with Gasteiger partial charge in [-0.3, -0.25) is 0 Å². The summed E-state index contributed by atoms with van der Waals surface area (Å²) in [5.41, 5.74) is 1.42. The van der Waals surface area contributed by atoms with Crippen molar-refractivity contribution in [3.05, 3.63) is 12.2 Å². The van der Waals surface area contributed by atoms with Crippen molar-refractivity contribution in [2.24, 2.45) is 5.92 Å². The van der Waals surface area contributed by atoms with Crippen LogP contribution >= 0.6 is 0 Å². The summed E-state index contributed by atoms with van der Waals surface area (Å²) in [5, 5.41) is 3.51. The minimum Gasteiger partial charge on any atom is -0.314 e. The van der Waals surface area contributed by atoms with Gasteiger partial charge < -0.3 is 5.32 Å². The molecule has 1 heteroatoms. The Labute approximate surface area is 76.2 Å². The van der Waals surface area contributed by atoms with Crippen LogP contribution in [0.5, 0.6) is 0 Å². The van der Waals surface area contributed by atoms with Gasteiger partial charge in [-0.1, -0.05) is 19.1 Å². The second kappa shape index (κ2) is 4.66. The number of hydrogen-bond donors (Lipinski definition) is 1. The highest BCUT2D eigenvalue weighted by molar-refractivity contribution is 4.98. The van der Waals surface area contributed by atoms with E-state index in [0.717, 1.165) is 12.3 Å². The van der Waals surface area contributed by atoms with Crippen LogP contribution in [0.1, 0.15) is 39.5 Å². The molecule has 0 amide bonds. The molecule has 0 aromatic carbocycles. The zero-order chi connectivity index (χ0) is 8.97. The molecule has 12 heavy (non-hydrogen) atoms. The highest BCUT2D eigenvalue weighted by atomic mass is 14.9. The van der Waals surface area contributed by atoms with Crippen LogP contribution in [0.2, 0.25) is 0 Å². The van der Waals surface area contributed by atoms with Crippen molar-refractivity contribution < 1.29 is 0 Å². The quantitative estimate of drug-likeness (QED) is 0.547. The van der Waals surface area contributed by atoms with Crippen LogP contribution in [0.15, 0.2) is 12.2 Å². The van der Waals surface area contributed by atoms with Gasteiger partial charge in [0.25, 0.3) is 0 Å². The lowest BCUT2D eigenvalue weighted by atomic mass is 9.95. The molecule has 1 N–H and O–H groups in total. The first-order chi connectivity index (χ1) is 5.68. The Bertz CT molecular complexity index is 135. The van der Waals surface area contributed by atoms with E-state index in [1.54, 1.807) is 0 Å². The highest BCUT2D eigenvalue weighted by Crippen LogP contribution is 2.20. The summed E-state index contributed by atoms with van der Waals surface area (Å²) in [6, 6.07) is 0.628. The number of nitrogens with one attached hydrogen (secondary N) is 1. The van der Waals surface area contributed by atoms with Gasteiger partial charge in [-0.2, -0.15) is 0 Å². The Morgan fingerprint density at radius 1 is 1.33 bits per heavy atom. The van der Waals surface area contributed by atoms with Gasteiger partial charge in [0, 0.05) is 6.04 Å². The molecular formula is C11H21N. The van der Waals surface area contributed by atoms with Crippen molar-refractivity contribution in [3.8, 4) is 0 Å². The predicted octanol–water partition coefficient (Wildman–Crippen LogP) is 2.73. The van der Waals surface area contributed by atoms with Crippen LogP contribution in [0.3, 0.4) is 0 Å². The van der Waals surface area contributed by atoms with E-state index >= 15 is 0 Å². The molecule has 1 rings (SSSR count). The first kappa shape index (κ1) is 9.79. The fraction of sp³-hybridized carbons (Fsp3) is 0.818. The molecular weight excluding hydrogens is 146 g/mol. The van der Waals surface area contributed by atoms with Crippen molar-refractivity contribution in [1.29, 1.82) is 0 Å². The van der Waals surface area contributed by atoms with Crippen molar-refractivity contribution >= 4 is 0 Å². The molecule has 0 aliphatic carbocycles. The molecule has 0 aromatic heterocycles. The van der Waals surface area contributed by atoms with E-state index in [2.05, 4.69) is 25.7 Å². The molecule has 1 nitrogen and oxygen atoms in total. The van der Waals surface area contributed by atoms with E-state index in [9.17, 15) is 0 Å². The molecule has 0 bridgehead atoms. The van der Waals surface area contributed by atoms with E-state index in [1.807, 2.05) is 0 Å². The van der Waals surface area contributed by atoms with Gasteiger partial charge in [-0.15, -0.1) is 0 Å². The van der Waals surface area contributed by atoms with Crippen molar-refractivity contribution in [2.45, 2.75) is 45.6 Å². The average Bonchev–Trinajstić information content (AvgIpc) is 2.01. The maximum Gasteiger partial charge on any atom is 0.00758 e. The third-order valence-corrected chi connectivity index (χ3v) is 2.60. The topological polar surface area (TPSA) is 12.0 Å². The third kappa shape index (κ3) is 3.40. The monoisotopic (exact) mass is 167 g/mol. The van der Waals surface area contributed by atoms with E-state index < -0.39 is 0 Å². The Hall–Kier alpha value is -0.300. The SMILES string of the molecule is C=C1CC(C)CCCN[C@H](C)C1. The van der Waals surface area contributed by atoms with E-state index in [0.29, 0.717) is 6.04 Å². The molecule has 0 aromatic rings. The van der Waals surface area contributed by atoms with Gasteiger partial charge in [-0.05, 0) is 45.1 Å². The second-order valence-electron chi connectivity index (χ2n) is 4.26. The third-order valence-electron chi connectivity index (χ3n) is 2.60. The fourth-order valence-corrected chi connectivity index (χ4v) is 1.98. The minimum atomic E-state index is 0.628. The zero-order valence-electron chi connectivity index (χ0n) is 8.40. The number of rotatable bonds is 0. The molecule has 70 valence electrons. The fourth-order valence-electron chi connectivity index (χ4n) is 1.98. The summed E-state index contributed by atoms with van der Waals surface area (Å²) >= 11 is 0. The molecule has 1 aliphatic rings. The van der Waals surface area contributed by atoms with Crippen molar-refractivity contribution in [1.82, 2.24) is 5.32 Å². The lowest BCUT2D eigenvalue weighted by Gasteiger charge is -2.13. The smallest absolute Gasteiger partial charge is 0.00758 e. The lowest BCUT2D eigenvalue weighted by molar-refractivity contribution is 0.499. The van der Waals surface area contributed by atoms with Crippen molar-refractivity contribution in [2.75, 3.05) is 6.54 Å². The summed E-state index contributed by atoms with van der Waals surface area (Å²) in [6.45, 7) is 9.88. The molecule has 1 heterocycles. The standard InChI is InChI=1S/C11H21N/c1-9-5-4-6-12-11(3)8-10(2)7-9/h9,11-12H,2,4-8H2,1,3H3/t9?,11-/m1/s1. The largest absolute Gasteiger partial charge is 0.314 e. The summed E-state index contributed by atoms with van der Waals surface area (Å²) in [5.74, 6) is 0.838. The molecule has 0 spiro atoms. The van der Waals surface area contributed by atoms with E-state index in [1.165, 1.54) is 31.4 Å². The van der Waals surface area contributed by atoms with E-state index in [4.69, 9.17) is 0 Å². The summed E-state index contributed by atoms with van der Waals surface area (Å²) in [6.07, 6.45) is 5.05. The van der Waals surface area contributed by atoms with Gasteiger partial charge in [0.05, 0.1) is 0 Å². The molecule has 0 saturated carbocycles. The van der Waals surface area contributed by atoms with Crippen LogP contribution in [0.4, 0.5) is 0 Å². The van der Waals surface area contributed by atoms with Gasteiger partial charge in [0.2, 0.25) is 0 Å². The highest BCUT2D eigenvalue weighted by Gasteiger charge is 2.10. The zero-order valence-corrected chi connectivity index (χ0v) is 8.40. The van der Waals surface area contributed by atoms with Gasteiger partial charge >= 0.3 is 0 Å². The molecule has 1 saturated heterocycles. The minimum absolute atomic E-state index is 0.628. The van der Waals surface area contributed by atoms with Gasteiger partial charge in [0.1, 0.15) is 0 Å². The first-order valence-corrected chi connectivity index (χ1v) is 5.08. The molecule has 1 unspecified atom stereocenters. The molecule has 1 aliphatic heterocycles. The van der Waals surface area contributed by atoms with Crippen LogP contribution in [-0.4, -0.2) is 12.6 Å². The van der Waals surface area contributed by atoms with Crippen LogP contribution in [0.25, 0.3) is 0 Å². The summed E-state index contributed by atoms with van der Waals surface area (Å²) in [4.78, 5) is 0. The maximum absolute atomic E-state index is 4.12. The molecule has 1 fully saturated rings. The number of hydrogen-bond acceptors (Lipinski definition) is 1. The van der Waals surface area contributed by atoms with Crippen LogP contribution in [-0.2, 0) is 0 Å². The Balaban J connectivity index is 2.43. The Morgan fingerprint density at radius 3 is 2.83 bits per heavy atom. The predicted molar refractivity (Wildman–Crippen MR) is 54.2 cm³/mol. The molecule has 2 atom stereocenters. The first-order valence-electron chi connectivity index (χ1n) is 5.08. The van der Waals surface area contributed by atoms with Crippen LogP contribution in [0, 0.1) is 5.92 Å².